The van der Waals surface area contributed by atoms with Gasteiger partial charge in [0.15, 0.2) is 0 Å². The van der Waals surface area contributed by atoms with Crippen molar-refractivity contribution in [1.29, 1.82) is 0 Å². The lowest BCUT2D eigenvalue weighted by molar-refractivity contribution is 0.0758. The second-order valence-corrected chi connectivity index (χ2v) is 5.19. The molecule has 0 atom stereocenters. The summed E-state index contributed by atoms with van der Waals surface area (Å²) in [5, 5.41) is 12.6. The van der Waals surface area contributed by atoms with Crippen molar-refractivity contribution >= 4 is 5.91 Å². The fraction of sp³-hybridized carbons (Fsp3) is 0.571. The summed E-state index contributed by atoms with van der Waals surface area (Å²) in [6, 6.07) is 3.37. The van der Waals surface area contributed by atoms with Gasteiger partial charge in [0, 0.05) is 18.3 Å². The molecule has 4 N–H and O–H groups in total. The van der Waals surface area contributed by atoms with Crippen molar-refractivity contribution in [2.24, 2.45) is 5.73 Å². The number of aliphatic hydroxyl groups is 1. The molecule has 0 aliphatic heterocycles. The van der Waals surface area contributed by atoms with Gasteiger partial charge in [0.1, 0.15) is 0 Å². The SMILES string of the molecule is NCc1cc(C(=O)NC2(CO)CCCCC2)ccn1. The molecule has 0 radical (unpaired) electrons. The van der Waals surface area contributed by atoms with Gasteiger partial charge >= 0.3 is 0 Å². The predicted molar refractivity (Wildman–Crippen MR) is 72.5 cm³/mol. The highest BCUT2D eigenvalue weighted by Crippen LogP contribution is 2.28. The van der Waals surface area contributed by atoms with Crippen LogP contribution in [0.1, 0.15) is 48.2 Å². The molecule has 0 saturated heterocycles. The summed E-state index contributed by atoms with van der Waals surface area (Å²) < 4.78 is 0. The fourth-order valence-electron chi connectivity index (χ4n) is 2.60. The molecule has 1 saturated carbocycles. The van der Waals surface area contributed by atoms with Crippen molar-refractivity contribution in [1.82, 2.24) is 10.3 Å². The number of nitrogens with zero attached hydrogens (tertiary/aromatic N) is 1. The summed E-state index contributed by atoms with van der Waals surface area (Å²) in [5.41, 5.74) is 6.30. The molecule has 5 heteroatoms. The standard InChI is InChI=1S/C14H21N3O2/c15-9-12-8-11(4-7-16-12)13(19)17-14(10-18)5-2-1-3-6-14/h4,7-8,18H,1-3,5-6,9-10,15H2,(H,17,19). The number of aliphatic hydroxyl groups excluding tert-OH is 1. The van der Waals surface area contributed by atoms with Crippen LogP contribution < -0.4 is 11.1 Å². The Morgan fingerprint density at radius 1 is 1.42 bits per heavy atom. The van der Waals surface area contributed by atoms with E-state index in [1.54, 1.807) is 18.3 Å². The molecule has 0 aromatic carbocycles. The zero-order valence-corrected chi connectivity index (χ0v) is 11.1. The molecule has 0 spiro atoms. The van der Waals surface area contributed by atoms with Crippen LogP contribution in [0.25, 0.3) is 0 Å². The minimum atomic E-state index is -0.457. The maximum atomic E-state index is 12.3. The highest BCUT2D eigenvalue weighted by atomic mass is 16.3. The molecule has 5 nitrogen and oxygen atoms in total. The van der Waals surface area contributed by atoms with E-state index < -0.39 is 5.54 Å². The van der Waals surface area contributed by atoms with Gasteiger partial charge in [-0.25, -0.2) is 0 Å². The summed E-state index contributed by atoms with van der Waals surface area (Å²) >= 11 is 0. The summed E-state index contributed by atoms with van der Waals surface area (Å²) in [6.45, 7) is 0.305. The Kier molecular flexibility index (Phi) is 4.50. The molecule has 2 rings (SSSR count). The first kappa shape index (κ1) is 14.0. The number of rotatable bonds is 4. The number of carbonyl (C=O) groups is 1. The molecule has 1 aliphatic carbocycles. The molecular formula is C14H21N3O2. The zero-order valence-electron chi connectivity index (χ0n) is 11.1. The number of amides is 1. The van der Waals surface area contributed by atoms with Crippen LogP contribution in [0.3, 0.4) is 0 Å². The molecule has 1 fully saturated rings. The van der Waals surface area contributed by atoms with Crippen molar-refractivity contribution in [3.05, 3.63) is 29.6 Å². The molecular weight excluding hydrogens is 242 g/mol. The Morgan fingerprint density at radius 2 is 2.16 bits per heavy atom. The Balaban J connectivity index is 2.10. The Hall–Kier alpha value is -1.46. The van der Waals surface area contributed by atoms with E-state index in [9.17, 15) is 9.90 Å². The molecule has 1 aromatic rings. The number of pyridine rings is 1. The van der Waals surface area contributed by atoms with Crippen LogP contribution in [0.15, 0.2) is 18.3 Å². The van der Waals surface area contributed by atoms with Gasteiger partial charge in [-0.1, -0.05) is 19.3 Å². The average Bonchev–Trinajstić information content (AvgIpc) is 2.48. The van der Waals surface area contributed by atoms with Crippen molar-refractivity contribution in [3.8, 4) is 0 Å². The largest absolute Gasteiger partial charge is 0.394 e. The normalized spacial score (nSPS) is 18.0. The Bertz CT molecular complexity index is 442. The van der Waals surface area contributed by atoms with Gasteiger partial charge in [-0.15, -0.1) is 0 Å². The van der Waals surface area contributed by atoms with E-state index >= 15 is 0 Å². The summed E-state index contributed by atoms with van der Waals surface area (Å²) in [6.07, 6.45) is 6.53. The lowest BCUT2D eigenvalue weighted by Crippen LogP contribution is -2.52. The van der Waals surface area contributed by atoms with Crippen molar-refractivity contribution in [2.75, 3.05) is 6.61 Å². The molecule has 0 unspecified atom stereocenters. The lowest BCUT2D eigenvalue weighted by atomic mass is 9.82. The Morgan fingerprint density at radius 3 is 2.79 bits per heavy atom. The van der Waals surface area contributed by atoms with Crippen LogP contribution in [0, 0.1) is 0 Å². The van der Waals surface area contributed by atoms with Gasteiger partial charge in [-0.3, -0.25) is 9.78 Å². The van der Waals surface area contributed by atoms with E-state index in [0.29, 0.717) is 17.8 Å². The van der Waals surface area contributed by atoms with Gasteiger partial charge in [-0.05, 0) is 25.0 Å². The summed E-state index contributed by atoms with van der Waals surface area (Å²) in [5.74, 6) is -0.159. The van der Waals surface area contributed by atoms with E-state index in [0.717, 1.165) is 25.7 Å². The molecule has 1 aromatic heterocycles. The molecule has 104 valence electrons. The third-order valence-corrected chi connectivity index (χ3v) is 3.78. The van der Waals surface area contributed by atoms with Crippen LogP contribution in [0.4, 0.5) is 0 Å². The van der Waals surface area contributed by atoms with Crippen LogP contribution >= 0.6 is 0 Å². The third-order valence-electron chi connectivity index (χ3n) is 3.78. The third kappa shape index (κ3) is 3.30. The maximum absolute atomic E-state index is 12.3. The number of nitrogens with two attached hydrogens (primary N) is 1. The molecule has 19 heavy (non-hydrogen) atoms. The fourth-order valence-corrected chi connectivity index (χ4v) is 2.60. The molecule has 1 aliphatic rings. The van der Waals surface area contributed by atoms with Gasteiger partial charge in [0.2, 0.25) is 0 Å². The number of carbonyl (C=O) groups excluding carboxylic acids is 1. The van der Waals surface area contributed by atoms with E-state index in [4.69, 9.17) is 5.73 Å². The second kappa shape index (κ2) is 6.12. The first-order chi connectivity index (χ1) is 9.19. The van der Waals surface area contributed by atoms with Gasteiger partial charge in [0.05, 0.1) is 17.8 Å². The zero-order chi connectivity index (χ0) is 13.7. The molecule has 1 heterocycles. The first-order valence-electron chi connectivity index (χ1n) is 6.77. The minimum Gasteiger partial charge on any atom is -0.394 e. The van der Waals surface area contributed by atoms with E-state index in [-0.39, 0.29) is 12.5 Å². The number of hydrogen-bond acceptors (Lipinski definition) is 4. The number of aromatic nitrogens is 1. The minimum absolute atomic E-state index is 0.00638. The first-order valence-corrected chi connectivity index (χ1v) is 6.77. The van der Waals surface area contributed by atoms with Crippen molar-refractivity contribution in [3.63, 3.8) is 0 Å². The van der Waals surface area contributed by atoms with Crippen LogP contribution in [0.5, 0.6) is 0 Å². The number of hydrogen-bond donors (Lipinski definition) is 3. The van der Waals surface area contributed by atoms with Crippen LogP contribution in [-0.4, -0.2) is 28.1 Å². The monoisotopic (exact) mass is 263 g/mol. The van der Waals surface area contributed by atoms with E-state index in [1.165, 1.54) is 6.42 Å². The maximum Gasteiger partial charge on any atom is 0.251 e. The topological polar surface area (TPSA) is 88.2 Å². The predicted octanol–water partition coefficient (Wildman–Crippen LogP) is 0.965. The quantitative estimate of drug-likeness (QED) is 0.755. The average molecular weight is 263 g/mol. The second-order valence-electron chi connectivity index (χ2n) is 5.19. The van der Waals surface area contributed by atoms with Crippen LogP contribution in [-0.2, 0) is 6.54 Å². The van der Waals surface area contributed by atoms with Gasteiger partial charge in [0.25, 0.3) is 5.91 Å². The van der Waals surface area contributed by atoms with E-state index in [1.807, 2.05) is 0 Å². The molecule has 1 amide bonds. The van der Waals surface area contributed by atoms with Gasteiger partial charge in [-0.2, -0.15) is 0 Å². The highest BCUT2D eigenvalue weighted by molar-refractivity contribution is 5.94. The van der Waals surface area contributed by atoms with E-state index in [2.05, 4.69) is 10.3 Å². The van der Waals surface area contributed by atoms with Crippen LogP contribution in [0.2, 0.25) is 0 Å². The Labute approximate surface area is 113 Å². The molecule has 0 bridgehead atoms. The smallest absolute Gasteiger partial charge is 0.251 e. The summed E-state index contributed by atoms with van der Waals surface area (Å²) in [7, 11) is 0. The van der Waals surface area contributed by atoms with Crippen molar-refractivity contribution in [2.45, 2.75) is 44.2 Å². The number of nitrogens with one attached hydrogen (secondary N) is 1. The van der Waals surface area contributed by atoms with Crippen molar-refractivity contribution < 1.29 is 9.90 Å². The highest BCUT2D eigenvalue weighted by Gasteiger charge is 2.33. The summed E-state index contributed by atoms with van der Waals surface area (Å²) in [4.78, 5) is 16.3. The van der Waals surface area contributed by atoms with Gasteiger partial charge < -0.3 is 16.2 Å². The lowest BCUT2D eigenvalue weighted by Gasteiger charge is -2.36.